The zero-order valence-electron chi connectivity index (χ0n) is 15.7. The van der Waals surface area contributed by atoms with Crippen molar-refractivity contribution in [1.82, 2.24) is 0 Å². The van der Waals surface area contributed by atoms with Crippen LogP contribution in [0.15, 0.2) is 66.7 Å². The predicted octanol–water partition coefficient (Wildman–Crippen LogP) is 6.06. The van der Waals surface area contributed by atoms with E-state index in [0.717, 1.165) is 40.6 Å². The van der Waals surface area contributed by atoms with E-state index in [-0.39, 0.29) is 11.5 Å². The van der Waals surface area contributed by atoms with Crippen molar-refractivity contribution in [2.24, 2.45) is 0 Å². The molecule has 0 bridgehead atoms. The molecule has 1 aliphatic heterocycles. The summed E-state index contributed by atoms with van der Waals surface area (Å²) in [4.78, 5) is 12.8. The Morgan fingerprint density at radius 2 is 1.89 bits per heavy atom. The molecule has 1 amide bonds. The Morgan fingerprint density at radius 1 is 1.07 bits per heavy atom. The van der Waals surface area contributed by atoms with Gasteiger partial charge in [-0.1, -0.05) is 55.8 Å². The fraction of sp³-hybridized carbons (Fsp3) is 0.208. The predicted molar refractivity (Wildman–Crippen MR) is 111 cm³/mol. The third-order valence-corrected chi connectivity index (χ3v) is 5.01. The summed E-state index contributed by atoms with van der Waals surface area (Å²) in [6.07, 6.45) is 6.23. The number of fused-ring (bicyclic) bond motifs is 2. The summed E-state index contributed by atoms with van der Waals surface area (Å²) in [6, 6.07) is 19.5. The van der Waals surface area contributed by atoms with Crippen LogP contribution in [0, 0.1) is 0 Å². The summed E-state index contributed by atoms with van der Waals surface area (Å²) in [5.41, 5.74) is 2.17. The molecule has 0 aromatic heterocycles. The van der Waals surface area contributed by atoms with Crippen LogP contribution in [-0.4, -0.2) is 11.5 Å². The van der Waals surface area contributed by atoms with Gasteiger partial charge in [-0.05, 0) is 54.5 Å². The number of rotatable bonds is 4. The number of hydrogen-bond acceptors (Lipinski definition) is 2. The standard InChI is InChI=1S/C24H23NO2/c1-3-14-24(2)15-13-18-16-19(11-12-22(18)27-24)25-23(26)21-10-6-8-17-7-4-5-9-20(17)21/h4-13,15-16H,3,14H2,1-2H3,(H,25,26). The molecule has 136 valence electrons. The van der Waals surface area contributed by atoms with Crippen LogP contribution in [-0.2, 0) is 0 Å². The average molecular weight is 357 g/mol. The second-order valence-electron chi connectivity index (χ2n) is 7.23. The van der Waals surface area contributed by atoms with Crippen LogP contribution in [0.4, 0.5) is 5.69 Å². The quantitative estimate of drug-likeness (QED) is 0.616. The van der Waals surface area contributed by atoms with Gasteiger partial charge in [-0.2, -0.15) is 0 Å². The fourth-order valence-electron chi connectivity index (χ4n) is 3.65. The molecular weight excluding hydrogens is 334 g/mol. The highest BCUT2D eigenvalue weighted by Crippen LogP contribution is 2.35. The van der Waals surface area contributed by atoms with Crippen molar-refractivity contribution >= 4 is 28.4 Å². The monoisotopic (exact) mass is 357 g/mol. The van der Waals surface area contributed by atoms with Crippen LogP contribution < -0.4 is 10.1 Å². The molecule has 0 radical (unpaired) electrons. The number of benzene rings is 3. The number of ether oxygens (including phenoxy) is 1. The largest absolute Gasteiger partial charge is 0.483 e. The maximum Gasteiger partial charge on any atom is 0.256 e. The van der Waals surface area contributed by atoms with Crippen LogP contribution in [0.3, 0.4) is 0 Å². The minimum absolute atomic E-state index is 0.108. The first-order valence-corrected chi connectivity index (χ1v) is 9.39. The number of amides is 1. The topological polar surface area (TPSA) is 38.3 Å². The number of anilines is 1. The van der Waals surface area contributed by atoms with Gasteiger partial charge in [-0.3, -0.25) is 4.79 Å². The first-order chi connectivity index (χ1) is 13.1. The van der Waals surface area contributed by atoms with Crippen LogP contribution in [0.1, 0.15) is 42.6 Å². The molecule has 0 spiro atoms. The number of nitrogens with one attached hydrogen (secondary N) is 1. The molecule has 1 aliphatic rings. The Kier molecular flexibility index (Phi) is 4.44. The summed E-state index contributed by atoms with van der Waals surface area (Å²) >= 11 is 0. The molecule has 0 aliphatic carbocycles. The maximum absolute atomic E-state index is 12.8. The lowest BCUT2D eigenvalue weighted by atomic mass is 9.95. The van der Waals surface area contributed by atoms with E-state index in [0.29, 0.717) is 5.56 Å². The molecule has 1 unspecified atom stereocenters. The second-order valence-corrected chi connectivity index (χ2v) is 7.23. The maximum atomic E-state index is 12.8. The average Bonchev–Trinajstić information content (AvgIpc) is 2.68. The lowest BCUT2D eigenvalue weighted by molar-refractivity contribution is 0.102. The van der Waals surface area contributed by atoms with Gasteiger partial charge >= 0.3 is 0 Å². The Morgan fingerprint density at radius 3 is 2.74 bits per heavy atom. The second kappa shape index (κ2) is 6.92. The van der Waals surface area contributed by atoms with Crippen LogP contribution in [0.2, 0.25) is 0 Å². The molecule has 4 rings (SSSR count). The van der Waals surface area contributed by atoms with E-state index < -0.39 is 0 Å². The number of carbonyl (C=O) groups excluding carboxylic acids is 1. The van der Waals surface area contributed by atoms with E-state index in [1.807, 2.05) is 60.7 Å². The first-order valence-electron chi connectivity index (χ1n) is 9.39. The van der Waals surface area contributed by atoms with Crippen LogP contribution in [0.25, 0.3) is 16.8 Å². The van der Waals surface area contributed by atoms with E-state index in [1.165, 1.54) is 0 Å². The Bertz CT molecular complexity index is 1030. The highest BCUT2D eigenvalue weighted by molar-refractivity contribution is 6.13. The third kappa shape index (κ3) is 3.45. The molecular formula is C24H23NO2. The molecule has 0 fully saturated rings. The molecule has 3 aromatic carbocycles. The van der Waals surface area contributed by atoms with Gasteiger partial charge in [0.2, 0.25) is 0 Å². The van der Waals surface area contributed by atoms with Gasteiger partial charge in [0.05, 0.1) is 0 Å². The van der Waals surface area contributed by atoms with E-state index >= 15 is 0 Å². The highest BCUT2D eigenvalue weighted by atomic mass is 16.5. The third-order valence-electron chi connectivity index (χ3n) is 5.01. The van der Waals surface area contributed by atoms with Gasteiger partial charge in [0.25, 0.3) is 5.91 Å². The van der Waals surface area contributed by atoms with Crippen LogP contribution in [0.5, 0.6) is 5.75 Å². The van der Waals surface area contributed by atoms with E-state index in [9.17, 15) is 4.79 Å². The van der Waals surface area contributed by atoms with Gasteiger partial charge in [0.1, 0.15) is 11.4 Å². The lowest BCUT2D eigenvalue weighted by Gasteiger charge is -2.31. The summed E-state index contributed by atoms with van der Waals surface area (Å²) in [5.74, 6) is 0.750. The zero-order valence-corrected chi connectivity index (χ0v) is 15.7. The minimum atomic E-state index is -0.254. The normalized spacial score (nSPS) is 18.0. The van der Waals surface area contributed by atoms with Crippen molar-refractivity contribution in [3.63, 3.8) is 0 Å². The molecule has 1 atom stereocenters. The molecule has 1 N–H and O–H groups in total. The van der Waals surface area contributed by atoms with Crippen molar-refractivity contribution in [2.75, 3.05) is 5.32 Å². The molecule has 0 saturated heterocycles. The van der Waals surface area contributed by atoms with Gasteiger partial charge in [-0.15, -0.1) is 0 Å². The highest BCUT2D eigenvalue weighted by Gasteiger charge is 2.26. The van der Waals surface area contributed by atoms with Crippen molar-refractivity contribution in [2.45, 2.75) is 32.3 Å². The molecule has 3 heteroatoms. The summed E-state index contributed by atoms with van der Waals surface area (Å²) < 4.78 is 6.16. The van der Waals surface area contributed by atoms with Gasteiger partial charge in [0, 0.05) is 16.8 Å². The molecule has 3 aromatic rings. The SMILES string of the molecule is CCCC1(C)C=Cc2cc(NC(=O)c3cccc4ccccc34)ccc2O1. The lowest BCUT2D eigenvalue weighted by Crippen LogP contribution is -2.31. The van der Waals surface area contributed by atoms with Gasteiger partial charge in [-0.25, -0.2) is 0 Å². The van der Waals surface area contributed by atoms with Crippen molar-refractivity contribution in [1.29, 1.82) is 0 Å². The number of hydrogen-bond donors (Lipinski definition) is 1. The number of carbonyl (C=O) groups is 1. The summed E-state index contributed by atoms with van der Waals surface area (Å²) in [6.45, 7) is 4.26. The molecule has 3 nitrogen and oxygen atoms in total. The van der Waals surface area contributed by atoms with Crippen molar-refractivity contribution < 1.29 is 9.53 Å². The van der Waals surface area contributed by atoms with Crippen LogP contribution >= 0.6 is 0 Å². The van der Waals surface area contributed by atoms with E-state index in [2.05, 4.69) is 31.3 Å². The van der Waals surface area contributed by atoms with Crippen molar-refractivity contribution in [3.05, 3.63) is 77.9 Å². The molecule has 1 heterocycles. The Balaban J connectivity index is 1.59. The molecule has 27 heavy (non-hydrogen) atoms. The Hall–Kier alpha value is -3.07. The minimum Gasteiger partial charge on any atom is -0.483 e. The first kappa shape index (κ1) is 17.3. The van der Waals surface area contributed by atoms with E-state index in [1.54, 1.807) is 0 Å². The molecule has 0 saturated carbocycles. The van der Waals surface area contributed by atoms with Crippen molar-refractivity contribution in [3.8, 4) is 5.75 Å². The fourth-order valence-corrected chi connectivity index (χ4v) is 3.65. The zero-order chi connectivity index (χ0) is 18.9. The summed E-state index contributed by atoms with van der Waals surface area (Å²) in [7, 11) is 0. The summed E-state index contributed by atoms with van der Waals surface area (Å²) in [5, 5.41) is 5.03. The van der Waals surface area contributed by atoms with Gasteiger partial charge in [0.15, 0.2) is 0 Å². The van der Waals surface area contributed by atoms with E-state index in [4.69, 9.17) is 4.74 Å². The van der Waals surface area contributed by atoms with Gasteiger partial charge < -0.3 is 10.1 Å². The Labute approximate surface area is 159 Å². The smallest absolute Gasteiger partial charge is 0.256 e.